The van der Waals surface area contributed by atoms with Gasteiger partial charge in [-0.3, -0.25) is 4.79 Å². The van der Waals surface area contributed by atoms with E-state index in [1.165, 1.54) is 6.33 Å². The van der Waals surface area contributed by atoms with Crippen LogP contribution in [0, 0.1) is 0 Å². The van der Waals surface area contributed by atoms with Gasteiger partial charge in [-0.1, -0.05) is 41.9 Å². The van der Waals surface area contributed by atoms with Crippen LogP contribution in [0.4, 0.5) is 17.2 Å². The molecule has 160 valence electrons. The highest BCUT2D eigenvalue weighted by Gasteiger charge is 2.15. The molecule has 1 amide bonds. The first-order valence-electron chi connectivity index (χ1n) is 10.0. The Kier molecular flexibility index (Phi) is 6.63. The number of nitrogens with zero attached hydrogens (tertiary/aromatic N) is 2. The molecular weight excluding hydrogens is 424 g/mol. The number of hydrogen-bond acceptors (Lipinski definition) is 5. The van der Waals surface area contributed by atoms with E-state index in [-0.39, 0.29) is 5.91 Å². The molecule has 0 bridgehead atoms. The topological polar surface area (TPSA) is 76.1 Å². The van der Waals surface area contributed by atoms with E-state index in [2.05, 4.69) is 20.6 Å². The molecular formula is C25H21ClN4O2. The second kappa shape index (κ2) is 9.94. The van der Waals surface area contributed by atoms with Gasteiger partial charge in [-0.15, -0.1) is 0 Å². The van der Waals surface area contributed by atoms with E-state index in [4.69, 9.17) is 16.3 Å². The van der Waals surface area contributed by atoms with Crippen molar-refractivity contribution in [3.8, 4) is 17.0 Å². The molecule has 1 aromatic heterocycles. The van der Waals surface area contributed by atoms with E-state index < -0.39 is 6.10 Å². The minimum Gasteiger partial charge on any atom is -0.481 e. The predicted octanol–water partition coefficient (Wildman–Crippen LogP) is 5.95. The van der Waals surface area contributed by atoms with Gasteiger partial charge in [-0.2, -0.15) is 0 Å². The van der Waals surface area contributed by atoms with Crippen LogP contribution in [0.2, 0.25) is 5.02 Å². The molecule has 0 aliphatic carbocycles. The lowest BCUT2D eigenvalue weighted by Crippen LogP contribution is -2.30. The molecule has 6 nitrogen and oxygen atoms in total. The summed E-state index contributed by atoms with van der Waals surface area (Å²) in [4.78, 5) is 21.1. The Morgan fingerprint density at radius 2 is 1.59 bits per heavy atom. The average molecular weight is 445 g/mol. The van der Waals surface area contributed by atoms with Crippen molar-refractivity contribution >= 4 is 34.7 Å². The number of halogens is 1. The highest BCUT2D eigenvalue weighted by atomic mass is 35.5. The van der Waals surface area contributed by atoms with E-state index in [0.29, 0.717) is 22.3 Å². The fourth-order valence-corrected chi connectivity index (χ4v) is 3.12. The molecule has 4 aromatic rings. The molecule has 1 atom stereocenters. The van der Waals surface area contributed by atoms with E-state index in [9.17, 15) is 4.79 Å². The third-order valence-electron chi connectivity index (χ3n) is 4.66. The standard InChI is InChI=1S/C25H21ClN4O2/c1-17(32-22-13-7-19(26)8-14-22)25(31)30-21-11-9-20(10-12-21)29-24-15-23(27-16-28-24)18-5-3-2-4-6-18/h2-17H,1H3,(H,30,31)(H,27,28,29). The Morgan fingerprint density at radius 3 is 2.31 bits per heavy atom. The van der Waals surface area contributed by atoms with E-state index in [1.54, 1.807) is 31.2 Å². The quantitative estimate of drug-likeness (QED) is 0.368. The molecule has 2 N–H and O–H groups in total. The smallest absolute Gasteiger partial charge is 0.265 e. The van der Waals surface area contributed by atoms with Crippen molar-refractivity contribution in [1.29, 1.82) is 0 Å². The van der Waals surface area contributed by atoms with Gasteiger partial charge >= 0.3 is 0 Å². The summed E-state index contributed by atoms with van der Waals surface area (Å²) in [5, 5.41) is 6.72. The zero-order valence-corrected chi connectivity index (χ0v) is 18.1. The first-order chi connectivity index (χ1) is 15.6. The van der Waals surface area contributed by atoms with Crippen LogP contribution in [0.15, 0.2) is 91.3 Å². The van der Waals surface area contributed by atoms with Crippen molar-refractivity contribution in [3.05, 3.63) is 96.3 Å². The summed E-state index contributed by atoms with van der Waals surface area (Å²) in [7, 11) is 0. The third-order valence-corrected chi connectivity index (χ3v) is 4.91. The summed E-state index contributed by atoms with van der Waals surface area (Å²) in [6.45, 7) is 1.69. The number of hydrogen-bond donors (Lipinski definition) is 2. The molecule has 0 fully saturated rings. The fourth-order valence-electron chi connectivity index (χ4n) is 2.99. The van der Waals surface area contributed by atoms with E-state index >= 15 is 0 Å². The van der Waals surface area contributed by atoms with Gasteiger partial charge < -0.3 is 15.4 Å². The predicted molar refractivity (Wildman–Crippen MR) is 127 cm³/mol. The summed E-state index contributed by atoms with van der Waals surface area (Å²) < 4.78 is 5.66. The number of anilines is 3. The first-order valence-corrected chi connectivity index (χ1v) is 10.4. The molecule has 7 heteroatoms. The van der Waals surface area contributed by atoms with Gasteiger partial charge in [0.05, 0.1) is 5.69 Å². The van der Waals surface area contributed by atoms with Crippen molar-refractivity contribution in [2.24, 2.45) is 0 Å². The third kappa shape index (κ3) is 5.62. The molecule has 0 aliphatic heterocycles. The maximum absolute atomic E-state index is 12.4. The van der Waals surface area contributed by atoms with E-state index in [0.717, 1.165) is 16.9 Å². The fraction of sp³-hybridized carbons (Fsp3) is 0.0800. The van der Waals surface area contributed by atoms with Gasteiger partial charge in [0.15, 0.2) is 6.10 Å². The Balaban J connectivity index is 1.36. The Bertz CT molecular complexity index is 1180. The first kappa shape index (κ1) is 21.3. The van der Waals surface area contributed by atoms with Crippen molar-refractivity contribution in [3.63, 3.8) is 0 Å². The van der Waals surface area contributed by atoms with Crippen molar-refractivity contribution in [2.75, 3.05) is 10.6 Å². The number of ether oxygens (including phenoxy) is 1. The maximum Gasteiger partial charge on any atom is 0.265 e. The average Bonchev–Trinajstić information content (AvgIpc) is 2.82. The maximum atomic E-state index is 12.4. The Hall–Kier alpha value is -3.90. The number of benzene rings is 3. The minimum atomic E-state index is -0.661. The zero-order valence-electron chi connectivity index (χ0n) is 17.3. The van der Waals surface area contributed by atoms with Gasteiger partial charge in [0, 0.05) is 28.0 Å². The van der Waals surface area contributed by atoms with E-state index in [1.807, 2.05) is 60.7 Å². The van der Waals surface area contributed by atoms with Gasteiger partial charge in [-0.05, 0) is 55.5 Å². The van der Waals surface area contributed by atoms with Crippen LogP contribution >= 0.6 is 11.6 Å². The lowest BCUT2D eigenvalue weighted by Gasteiger charge is -2.15. The molecule has 0 saturated carbocycles. The highest BCUT2D eigenvalue weighted by Crippen LogP contribution is 2.22. The van der Waals surface area contributed by atoms with Crippen molar-refractivity contribution in [1.82, 2.24) is 9.97 Å². The molecule has 1 heterocycles. The summed E-state index contributed by atoms with van der Waals surface area (Å²) >= 11 is 5.87. The van der Waals surface area contributed by atoms with Crippen LogP contribution in [0.3, 0.4) is 0 Å². The van der Waals surface area contributed by atoms with Crippen molar-refractivity contribution < 1.29 is 9.53 Å². The monoisotopic (exact) mass is 444 g/mol. The summed E-state index contributed by atoms with van der Waals surface area (Å²) in [6.07, 6.45) is 0.868. The molecule has 3 aromatic carbocycles. The van der Waals surface area contributed by atoms with Crippen LogP contribution in [-0.2, 0) is 4.79 Å². The van der Waals surface area contributed by atoms with Crippen LogP contribution < -0.4 is 15.4 Å². The number of amides is 1. The van der Waals surface area contributed by atoms with Crippen LogP contribution in [0.25, 0.3) is 11.3 Å². The van der Waals surface area contributed by atoms with Crippen molar-refractivity contribution in [2.45, 2.75) is 13.0 Å². The largest absolute Gasteiger partial charge is 0.481 e. The summed E-state index contributed by atoms with van der Waals surface area (Å²) in [5.74, 6) is 1.01. The van der Waals surface area contributed by atoms with Gasteiger partial charge in [0.2, 0.25) is 0 Å². The lowest BCUT2D eigenvalue weighted by molar-refractivity contribution is -0.122. The Labute approximate surface area is 191 Å². The Morgan fingerprint density at radius 1 is 0.906 bits per heavy atom. The van der Waals surface area contributed by atoms with Crippen LogP contribution in [-0.4, -0.2) is 22.0 Å². The molecule has 0 radical (unpaired) electrons. The second-order valence-electron chi connectivity index (χ2n) is 7.06. The lowest BCUT2D eigenvalue weighted by atomic mass is 10.1. The molecule has 0 aliphatic rings. The second-order valence-corrected chi connectivity index (χ2v) is 7.50. The number of carbonyl (C=O) groups excluding carboxylic acids is 1. The zero-order chi connectivity index (χ0) is 22.3. The summed E-state index contributed by atoms with van der Waals surface area (Å²) in [6, 6.07) is 26.0. The number of carbonyl (C=O) groups is 1. The normalized spacial score (nSPS) is 11.4. The van der Waals surface area contributed by atoms with Crippen LogP contribution in [0.5, 0.6) is 5.75 Å². The SMILES string of the molecule is CC(Oc1ccc(Cl)cc1)C(=O)Nc1ccc(Nc2cc(-c3ccccc3)ncn2)cc1. The van der Waals surface area contributed by atoms with Gasteiger partial charge in [-0.25, -0.2) is 9.97 Å². The molecule has 32 heavy (non-hydrogen) atoms. The van der Waals surface area contributed by atoms with Gasteiger partial charge in [0.1, 0.15) is 17.9 Å². The molecule has 0 spiro atoms. The molecule has 4 rings (SSSR count). The number of aromatic nitrogens is 2. The number of rotatable bonds is 7. The minimum absolute atomic E-state index is 0.246. The van der Waals surface area contributed by atoms with Crippen LogP contribution in [0.1, 0.15) is 6.92 Å². The molecule has 1 unspecified atom stereocenters. The molecule has 0 saturated heterocycles. The highest BCUT2D eigenvalue weighted by molar-refractivity contribution is 6.30. The van der Waals surface area contributed by atoms with Gasteiger partial charge in [0.25, 0.3) is 5.91 Å². The number of nitrogens with one attached hydrogen (secondary N) is 2. The summed E-state index contributed by atoms with van der Waals surface area (Å²) in [5.41, 5.74) is 3.36.